The number of H-pyrrole nitrogens is 1. The van der Waals surface area contributed by atoms with E-state index in [4.69, 9.17) is 26.8 Å². The molecule has 9 nitrogen and oxygen atoms in total. The van der Waals surface area contributed by atoms with Crippen LogP contribution in [0.2, 0.25) is 5.02 Å². The maximum Gasteiger partial charge on any atom is 0.220 e. The van der Waals surface area contributed by atoms with Gasteiger partial charge in [0.05, 0.1) is 22.6 Å². The Morgan fingerprint density at radius 1 is 1.19 bits per heavy atom. The predicted molar refractivity (Wildman–Crippen MR) is 135 cm³/mol. The first-order valence-corrected chi connectivity index (χ1v) is 11.4. The van der Waals surface area contributed by atoms with Crippen molar-refractivity contribution in [2.24, 2.45) is 7.05 Å². The Morgan fingerprint density at radius 3 is 2.78 bits per heavy atom. The number of benzene rings is 1. The van der Waals surface area contributed by atoms with Crippen molar-refractivity contribution in [3.63, 3.8) is 0 Å². The molecule has 5 rings (SSSR count). The number of aromatic amines is 1. The van der Waals surface area contributed by atoms with Crippen molar-refractivity contribution in [2.75, 3.05) is 19.6 Å². The van der Waals surface area contributed by atoms with Gasteiger partial charge in [-0.15, -0.1) is 0 Å². The van der Waals surface area contributed by atoms with E-state index in [1.54, 1.807) is 48.4 Å². The molecule has 11 heteroatoms. The topological polar surface area (TPSA) is 117 Å². The molecule has 0 saturated carbocycles. The zero-order valence-corrected chi connectivity index (χ0v) is 20.5. The highest BCUT2D eigenvalue weighted by molar-refractivity contribution is 6.30. The summed E-state index contributed by atoms with van der Waals surface area (Å²) in [5.41, 5.74) is 9.07. The van der Waals surface area contributed by atoms with Crippen LogP contribution in [-0.2, 0) is 22.1 Å². The molecule has 0 aliphatic rings. The largest absolute Gasteiger partial charge is 0.368 e. The van der Waals surface area contributed by atoms with Crippen molar-refractivity contribution < 1.29 is 13.9 Å². The van der Waals surface area contributed by atoms with Gasteiger partial charge < -0.3 is 20.2 Å². The Hall–Kier alpha value is -3.86. The minimum atomic E-state index is -1.37. The van der Waals surface area contributed by atoms with E-state index in [0.717, 1.165) is 22.1 Å². The normalized spacial score (nSPS) is 13.2. The van der Waals surface area contributed by atoms with Crippen LogP contribution in [0.4, 0.5) is 10.3 Å². The minimum Gasteiger partial charge on any atom is -0.368 e. The third-order valence-electron chi connectivity index (χ3n) is 6.01. The van der Waals surface area contributed by atoms with E-state index >= 15 is 4.39 Å². The van der Waals surface area contributed by atoms with Gasteiger partial charge in [0.1, 0.15) is 23.9 Å². The third kappa shape index (κ3) is 4.19. The first-order chi connectivity index (χ1) is 17.3. The number of nitrogens with two attached hydrogens (primary N) is 1. The maximum atomic E-state index is 15.2. The number of pyridine rings is 1. The highest BCUT2D eigenvalue weighted by Gasteiger charge is 2.36. The van der Waals surface area contributed by atoms with Gasteiger partial charge in [0.15, 0.2) is 0 Å². The number of nitrogens with zero attached hydrogens (tertiary/aromatic N) is 5. The number of hydrogen-bond acceptors (Lipinski definition) is 7. The standard InChI is InChI=1S/C25H23ClFN7O2/c1-25(36-13-35-3,18-5-4-6-19(26)22(18)27)21-8-20(32-24(28)33-21)17-11-30-23-16(17)7-14(9-29-23)15-10-31-34(2)12-15/h4-12H,13H2,1-3H3,(H,29,30)(H2,28,32,33). The van der Waals surface area contributed by atoms with Gasteiger partial charge in [0.2, 0.25) is 5.95 Å². The van der Waals surface area contributed by atoms with Gasteiger partial charge in [-0.05, 0) is 25.1 Å². The third-order valence-corrected chi connectivity index (χ3v) is 6.30. The number of hydrogen-bond donors (Lipinski definition) is 2. The predicted octanol–water partition coefficient (Wildman–Crippen LogP) is 4.68. The van der Waals surface area contributed by atoms with Gasteiger partial charge in [0, 0.05) is 60.4 Å². The van der Waals surface area contributed by atoms with Crippen LogP contribution in [0.5, 0.6) is 0 Å². The smallest absolute Gasteiger partial charge is 0.220 e. The zero-order chi connectivity index (χ0) is 25.4. The fraction of sp³-hybridized carbons (Fsp3) is 0.200. The lowest BCUT2D eigenvalue weighted by Gasteiger charge is -2.30. The van der Waals surface area contributed by atoms with Gasteiger partial charge in [-0.1, -0.05) is 23.7 Å². The molecule has 5 aromatic rings. The average molecular weight is 508 g/mol. The van der Waals surface area contributed by atoms with Crippen LogP contribution in [0.3, 0.4) is 0 Å². The Labute approximate surface area is 211 Å². The highest BCUT2D eigenvalue weighted by atomic mass is 35.5. The van der Waals surface area contributed by atoms with Crippen LogP contribution in [0.25, 0.3) is 33.4 Å². The zero-order valence-electron chi connectivity index (χ0n) is 19.8. The van der Waals surface area contributed by atoms with Crippen molar-refractivity contribution in [1.29, 1.82) is 0 Å². The second-order valence-corrected chi connectivity index (χ2v) is 8.81. The Kier molecular flexibility index (Phi) is 6.17. The van der Waals surface area contributed by atoms with E-state index in [1.165, 1.54) is 13.2 Å². The minimum absolute atomic E-state index is 0.00269. The average Bonchev–Trinajstić information content (AvgIpc) is 3.49. The SMILES string of the molecule is COCOC(C)(c1cc(-c2c[nH]c3ncc(-c4cnn(C)c4)cc23)nc(N)n1)c1cccc(Cl)c1F. The first-order valence-electron chi connectivity index (χ1n) is 11.0. The van der Waals surface area contributed by atoms with E-state index < -0.39 is 11.4 Å². The lowest BCUT2D eigenvalue weighted by molar-refractivity contribution is -0.110. The molecule has 0 saturated heterocycles. The molecule has 0 aliphatic carbocycles. The number of nitrogens with one attached hydrogen (secondary N) is 1. The molecule has 0 fully saturated rings. The van der Waals surface area contributed by atoms with Crippen molar-refractivity contribution in [2.45, 2.75) is 12.5 Å². The summed E-state index contributed by atoms with van der Waals surface area (Å²) in [5.74, 6) is -0.614. The second kappa shape index (κ2) is 9.30. The molecule has 4 aromatic heterocycles. The molecule has 3 N–H and O–H groups in total. The molecule has 1 unspecified atom stereocenters. The fourth-order valence-corrected chi connectivity index (χ4v) is 4.30. The van der Waals surface area contributed by atoms with E-state index in [9.17, 15) is 0 Å². The van der Waals surface area contributed by atoms with Gasteiger partial charge in [-0.25, -0.2) is 19.3 Å². The highest BCUT2D eigenvalue weighted by Crippen LogP contribution is 2.38. The van der Waals surface area contributed by atoms with Crippen LogP contribution in [0.15, 0.2) is 55.1 Å². The first kappa shape index (κ1) is 23.9. The fourth-order valence-electron chi connectivity index (χ4n) is 4.13. The molecule has 36 heavy (non-hydrogen) atoms. The molecule has 1 atom stereocenters. The number of fused-ring (bicyclic) bond motifs is 1. The van der Waals surface area contributed by atoms with Gasteiger partial charge in [-0.3, -0.25) is 4.68 Å². The van der Waals surface area contributed by atoms with E-state index in [2.05, 4.69) is 25.0 Å². The van der Waals surface area contributed by atoms with E-state index in [-0.39, 0.29) is 23.3 Å². The van der Waals surface area contributed by atoms with Crippen molar-refractivity contribution in [3.8, 4) is 22.4 Å². The van der Waals surface area contributed by atoms with Crippen molar-refractivity contribution in [3.05, 3.63) is 77.2 Å². The lowest BCUT2D eigenvalue weighted by atomic mass is 9.90. The summed E-state index contributed by atoms with van der Waals surface area (Å²) in [5, 5.41) is 5.03. The summed E-state index contributed by atoms with van der Waals surface area (Å²) < 4.78 is 28.0. The molecular weight excluding hydrogens is 485 g/mol. The van der Waals surface area contributed by atoms with Crippen LogP contribution >= 0.6 is 11.6 Å². The Bertz CT molecular complexity index is 1570. The van der Waals surface area contributed by atoms with Crippen molar-refractivity contribution in [1.82, 2.24) is 29.7 Å². The monoisotopic (exact) mass is 507 g/mol. The number of methoxy groups -OCH3 is 1. The van der Waals surface area contributed by atoms with Gasteiger partial charge in [-0.2, -0.15) is 5.10 Å². The maximum absolute atomic E-state index is 15.2. The molecule has 184 valence electrons. The number of rotatable bonds is 7. The van der Waals surface area contributed by atoms with Gasteiger partial charge >= 0.3 is 0 Å². The summed E-state index contributed by atoms with van der Waals surface area (Å²) >= 11 is 6.08. The van der Waals surface area contributed by atoms with Crippen LogP contribution in [0, 0.1) is 5.82 Å². The van der Waals surface area contributed by atoms with E-state index in [0.29, 0.717) is 17.0 Å². The van der Waals surface area contributed by atoms with Crippen molar-refractivity contribution >= 4 is 28.6 Å². The molecule has 4 heterocycles. The Morgan fingerprint density at radius 2 is 2.03 bits per heavy atom. The summed E-state index contributed by atoms with van der Waals surface area (Å²) in [6.45, 7) is 1.57. The number of anilines is 1. The molecule has 0 bridgehead atoms. The van der Waals surface area contributed by atoms with Crippen LogP contribution in [0.1, 0.15) is 18.2 Å². The number of aromatic nitrogens is 6. The summed E-state index contributed by atoms with van der Waals surface area (Å²) in [6, 6.07) is 8.42. The van der Waals surface area contributed by atoms with E-state index in [1.807, 2.05) is 19.3 Å². The number of ether oxygens (including phenoxy) is 2. The summed E-state index contributed by atoms with van der Waals surface area (Å²) in [6.07, 6.45) is 7.25. The Balaban J connectivity index is 1.66. The molecule has 0 amide bonds. The number of halogens is 2. The number of nitrogen functional groups attached to an aromatic ring is 1. The summed E-state index contributed by atoms with van der Waals surface area (Å²) in [7, 11) is 3.33. The lowest BCUT2D eigenvalue weighted by Crippen LogP contribution is -2.31. The summed E-state index contributed by atoms with van der Waals surface area (Å²) in [4.78, 5) is 16.6. The van der Waals surface area contributed by atoms with Crippen LogP contribution < -0.4 is 5.73 Å². The quantitative estimate of drug-likeness (QED) is 0.307. The molecule has 0 aliphatic heterocycles. The molecule has 0 spiro atoms. The van der Waals surface area contributed by atoms with Gasteiger partial charge in [0.25, 0.3) is 0 Å². The molecule has 1 aromatic carbocycles. The molecule has 0 radical (unpaired) electrons. The number of aryl methyl sites for hydroxylation is 1. The second-order valence-electron chi connectivity index (χ2n) is 8.41. The molecular formula is C25H23ClFN7O2. The van der Waals surface area contributed by atoms with Crippen LogP contribution in [-0.4, -0.2) is 43.6 Å².